The van der Waals surface area contributed by atoms with E-state index in [0.29, 0.717) is 6.54 Å². The first-order valence-electron chi connectivity index (χ1n) is 8.45. The van der Waals surface area contributed by atoms with E-state index in [9.17, 15) is 0 Å². The van der Waals surface area contributed by atoms with Gasteiger partial charge < -0.3 is 15.6 Å². The summed E-state index contributed by atoms with van der Waals surface area (Å²) in [5, 5.41) is 6.51. The lowest BCUT2D eigenvalue weighted by atomic mass is 9.91. The Morgan fingerprint density at radius 3 is 3.04 bits per heavy atom. The highest BCUT2D eigenvalue weighted by atomic mass is 79.9. The molecule has 2 heterocycles. The van der Waals surface area contributed by atoms with Gasteiger partial charge in [0, 0.05) is 40.0 Å². The van der Waals surface area contributed by atoms with Crippen molar-refractivity contribution in [1.29, 1.82) is 0 Å². The summed E-state index contributed by atoms with van der Waals surface area (Å²) in [5.41, 5.74) is 8.02. The molecule has 0 fully saturated rings. The van der Waals surface area contributed by atoms with Gasteiger partial charge in [-0.25, -0.2) is 0 Å². The maximum atomic E-state index is 6.30. The number of benzene rings is 1. The molecule has 4 nitrogen and oxygen atoms in total. The molecule has 2 aliphatic rings. The van der Waals surface area contributed by atoms with Crippen molar-refractivity contribution in [3.05, 3.63) is 56.9 Å². The molecule has 130 valence electrons. The number of anilines is 1. The topological polar surface area (TPSA) is 55.3 Å². The Kier molecular flexibility index (Phi) is 4.48. The van der Waals surface area contributed by atoms with Gasteiger partial charge in [-0.2, -0.15) is 0 Å². The molecule has 1 aliphatic carbocycles. The molecule has 0 saturated heterocycles. The second kappa shape index (κ2) is 6.63. The molecule has 1 aromatic heterocycles. The molecule has 0 bridgehead atoms. The minimum Gasteiger partial charge on any atom is -0.364 e. The fourth-order valence-corrected chi connectivity index (χ4v) is 4.31. The van der Waals surface area contributed by atoms with Crippen LogP contribution in [0.1, 0.15) is 17.9 Å². The Labute approximate surface area is 160 Å². The SMILES string of the molecule is Cn1c2c(c(=NCCCN)c3cc(Cl)ccc31)C1C=C(Br)C=CC1N2. The maximum Gasteiger partial charge on any atom is 0.112 e. The molecule has 0 radical (unpaired) electrons. The zero-order valence-corrected chi connectivity index (χ0v) is 16.3. The van der Waals surface area contributed by atoms with Crippen molar-refractivity contribution in [2.24, 2.45) is 17.8 Å². The molecule has 6 heteroatoms. The van der Waals surface area contributed by atoms with E-state index in [1.54, 1.807) is 0 Å². The van der Waals surface area contributed by atoms with Crippen LogP contribution in [0, 0.1) is 0 Å². The van der Waals surface area contributed by atoms with Crippen molar-refractivity contribution < 1.29 is 0 Å². The van der Waals surface area contributed by atoms with E-state index in [0.717, 1.165) is 44.5 Å². The third-order valence-corrected chi connectivity index (χ3v) is 5.64. The Morgan fingerprint density at radius 1 is 1.40 bits per heavy atom. The Hall–Kier alpha value is -1.56. The minimum absolute atomic E-state index is 0.248. The highest BCUT2D eigenvalue weighted by Gasteiger charge is 2.34. The van der Waals surface area contributed by atoms with Crippen molar-refractivity contribution in [3.63, 3.8) is 0 Å². The number of nitrogens with zero attached hydrogens (tertiary/aromatic N) is 2. The largest absolute Gasteiger partial charge is 0.364 e. The number of halogens is 2. The fraction of sp³-hybridized carbons (Fsp3) is 0.316. The van der Waals surface area contributed by atoms with Gasteiger partial charge in [-0.05, 0) is 31.2 Å². The van der Waals surface area contributed by atoms with Crippen molar-refractivity contribution >= 4 is 44.3 Å². The number of hydrogen-bond acceptors (Lipinski definition) is 3. The summed E-state index contributed by atoms with van der Waals surface area (Å²) >= 11 is 9.92. The monoisotopic (exact) mass is 418 g/mol. The molecule has 2 unspecified atom stereocenters. The van der Waals surface area contributed by atoms with Crippen molar-refractivity contribution in [3.8, 4) is 0 Å². The first-order chi connectivity index (χ1) is 12.1. The van der Waals surface area contributed by atoms with E-state index in [1.165, 1.54) is 5.56 Å². The summed E-state index contributed by atoms with van der Waals surface area (Å²) < 4.78 is 3.31. The number of nitrogens with two attached hydrogens (primary N) is 1. The van der Waals surface area contributed by atoms with Gasteiger partial charge in [0.25, 0.3) is 0 Å². The third kappa shape index (κ3) is 2.84. The second-order valence-corrected chi connectivity index (χ2v) is 7.81. The van der Waals surface area contributed by atoms with Gasteiger partial charge in [0.2, 0.25) is 0 Å². The van der Waals surface area contributed by atoms with E-state index in [-0.39, 0.29) is 12.0 Å². The van der Waals surface area contributed by atoms with Crippen LogP contribution in [0.15, 0.2) is 45.9 Å². The van der Waals surface area contributed by atoms with Gasteiger partial charge in [0.15, 0.2) is 0 Å². The normalized spacial score (nSPS) is 21.9. The van der Waals surface area contributed by atoms with Crippen molar-refractivity contribution in [1.82, 2.24) is 4.57 Å². The van der Waals surface area contributed by atoms with Crippen LogP contribution in [-0.4, -0.2) is 23.7 Å². The van der Waals surface area contributed by atoms with Gasteiger partial charge in [-0.15, -0.1) is 0 Å². The van der Waals surface area contributed by atoms with E-state index >= 15 is 0 Å². The lowest BCUT2D eigenvalue weighted by molar-refractivity contribution is 0.786. The number of fused-ring (bicyclic) bond motifs is 4. The van der Waals surface area contributed by atoms with Gasteiger partial charge in [0.05, 0.1) is 16.9 Å². The van der Waals surface area contributed by atoms with Gasteiger partial charge >= 0.3 is 0 Å². The van der Waals surface area contributed by atoms with Crippen LogP contribution < -0.4 is 16.4 Å². The molecule has 0 saturated carbocycles. The number of hydrogen-bond donors (Lipinski definition) is 2. The third-order valence-electron chi connectivity index (χ3n) is 4.88. The Bertz CT molecular complexity index is 974. The highest BCUT2D eigenvalue weighted by molar-refractivity contribution is 9.11. The number of aryl methyl sites for hydroxylation is 1. The predicted molar refractivity (Wildman–Crippen MR) is 108 cm³/mol. The number of allylic oxidation sites excluding steroid dienone is 2. The standard InChI is InChI=1S/C19H20BrClN4/c1-25-16-6-4-12(21)10-14(16)18(23-8-2-7-22)17-13-9-11(20)3-5-15(13)24-19(17)25/h3-6,9-10,13,15,24H,2,7-8,22H2,1H3. The summed E-state index contributed by atoms with van der Waals surface area (Å²) in [6.45, 7) is 1.36. The van der Waals surface area contributed by atoms with Crippen LogP contribution in [0.25, 0.3) is 10.9 Å². The summed E-state index contributed by atoms with van der Waals surface area (Å²) in [6, 6.07) is 6.26. The zero-order valence-electron chi connectivity index (χ0n) is 14.0. The smallest absolute Gasteiger partial charge is 0.112 e. The van der Waals surface area contributed by atoms with Crippen LogP contribution in [0.5, 0.6) is 0 Å². The molecule has 0 spiro atoms. The Morgan fingerprint density at radius 2 is 2.24 bits per heavy atom. The van der Waals surface area contributed by atoms with Crippen LogP contribution in [0.2, 0.25) is 5.02 Å². The Balaban J connectivity index is 2.04. The quantitative estimate of drug-likeness (QED) is 0.743. The number of aromatic nitrogens is 1. The van der Waals surface area contributed by atoms with Crippen molar-refractivity contribution in [2.75, 3.05) is 18.4 Å². The summed E-state index contributed by atoms with van der Waals surface area (Å²) in [5.74, 6) is 1.38. The molecular formula is C19H20BrClN4. The van der Waals surface area contributed by atoms with E-state index in [4.69, 9.17) is 22.3 Å². The first-order valence-corrected chi connectivity index (χ1v) is 9.62. The number of pyridine rings is 1. The summed E-state index contributed by atoms with van der Waals surface area (Å²) in [7, 11) is 2.09. The van der Waals surface area contributed by atoms with Gasteiger partial charge in [-0.1, -0.05) is 45.8 Å². The molecule has 25 heavy (non-hydrogen) atoms. The second-order valence-electron chi connectivity index (χ2n) is 6.46. The number of rotatable bonds is 3. The minimum atomic E-state index is 0.248. The molecule has 1 aliphatic heterocycles. The molecule has 2 atom stereocenters. The lowest BCUT2D eigenvalue weighted by Crippen LogP contribution is -2.21. The van der Waals surface area contributed by atoms with E-state index in [2.05, 4.69) is 57.2 Å². The van der Waals surface area contributed by atoms with Gasteiger partial charge in [-0.3, -0.25) is 4.99 Å². The molecular weight excluding hydrogens is 400 g/mol. The average Bonchev–Trinajstić information content (AvgIpc) is 2.97. The predicted octanol–water partition coefficient (Wildman–Crippen LogP) is 3.81. The highest BCUT2D eigenvalue weighted by Crippen LogP contribution is 2.40. The molecule has 3 N–H and O–H groups in total. The molecule has 4 rings (SSSR count). The molecule has 0 amide bonds. The van der Waals surface area contributed by atoms with Crippen LogP contribution >= 0.6 is 27.5 Å². The van der Waals surface area contributed by atoms with E-state index in [1.807, 2.05) is 12.1 Å². The van der Waals surface area contributed by atoms with Crippen LogP contribution in [0.3, 0.4) is 0 Å². The van der Waals surface area contributed by atoms with Crippen molar-refractivity contribution in [2.45, 2.75) is 18.4 Å². The van der Waals surface area contributed by atoms with E-state index < -0.39 is 0 Å². The molecule has 2 aromatic rings. The summed E-state index contributed by atoms with van der Waals surface area (Å²) in [6.07, 6.45) is 7.43. The van der Waals surface area contributed by atoms with Gasteiger partial charge in [0.1, 0.15) is 5.82 Å². The molecule has 1 aromatic carbocycles. The van der Waals surface area contributed by atoms with Crippen LogP contribution in [0.4, 0.5) is 5.82 Å². The lowest BCUT2D eigenvalue weighted by Gasteiger charge is -2.17. The number of nitrogens with one attached hydrogen (secondary N) is 1. The maximum absolute atomic E-state index is 6.30. The fourth-order valence-electron chi connectivity index (χ4n) is 3.70. The van der Waals surface area contributed by atoms with Crippen LogP contribution in [-0.2, 0) is 7.05 Å². The summed E-state index contributed by atoms with van der Waals surface area (Å²) in [4.78, 5) is 4.93. The average molecular weight is 420 g/mol. The zero-order chi connectivity index (χ0) is 17.6. The first kappa shape index (κ1) is 16.9.